The van der Waals surface area contributed by atoms with Crippen LogP contribution in [0.15, 0.2) is 47.4 Å². The van der Waals surface area contributed by atoms with Crippen molar-refractivity contribution < 1.29 is 9.72 Å². The SMILES string of the molecule is N#C/C(=C/c1csc([N+](=O)[O-])c1)C(=O)NCCc1ccccc1. The van der Waals surface area contributed by atoms with Crippen LogP contribution in [0, 0.1) is 21.4 Å². The molecular formula is C16H13N3O3S. The van der Waals surface area contributed by atoms with Crippen molar-refractivity contribution in [1.29, 1.82) is 5.26 Å². The maximum Gasteiger partial charge on any atom is 0.324 e. The van der Waals surface area contributed by atoms with Crippen molar-refractivity contribution in [1.82, 2.24) is 5.32 Å². The van der Waals surface area contributed by atoms with E-state index in [4.69, 9.17) is 5.26 Å². The number of nitriles is 1. The lowest BCUT2D eigenvalue weighted by Gasteiger charge is -2.04. The van der Waals surface area contributed by atoms with Crippen LogP contribution in [0.1, 0.15) is 11.1 Å². The van der Waals surface area contributed by atoms with E-state index in [-0.39, 0.29) is 10.6 Å². The van der Waals surface area contributed by atoms with Crippen molar-refractivity contribution in [2.24, 2.45) is 0 Å². The van der Waals surface area contributed by atoms with Gasteiger partial charge in [-0.05, 0) is 23.6 Å². The van der Waals surface area contributed by atoms with Gasteiger partial charge < -0.3 is 5.32 Å². The van der Waals surface area contributed by atoms with Crippen molar-refractivity contribution in [2.75, 3.05) is 6.54 Å². The molecule has 1 aromatic carbocycles. The number of benzene rings is 1. The van der Waals surface area contributed by atoms with Crippen LogP contribution in [0.4, 0.5) is 5.00 Å². The minimum absolute atomic E-state index is 0.0296. The van der Waals surface area contributed by atoms with Gasteiger partial charge in [0.1, 0.15) is 11.6 Å². The Morgan fingerprint density at radius 1 is 1.39 bits per heavy atom. The van der Waals surface area contributed by atoms with Gasteiger partial charge in [-0.2, -0.15) is 5.26 Å². The number of thiophene rings is 1. The molecule has 23 heavy (non-hydrogen) atoms. The van der Waals surface area contributed by atoms with E-state index in [0.717, 1.165) is 16.9 Å². The first kappa shape index (κ1) is 16.4. The van der Waals surface area contributed by atoms with E-state index in [0.29, 0.717) is 18.5 Å². The second-order valence-corrected chi connectivity index (χ2v) is 5.53. The van der Waals surface area contributed by atoms with Crippen LogP contribution in [0.25, 0.3) is 6.08 Å². The molecule has 0 fully saturated rings. The summed E-state index contributed by atoms with van der Waals surface area (Å²) in [4.78, 5) is 22.1. The zero-order chi connectivity index (χ0) is 16.7. The van der Waals surface area contributed by atoms with Gasteiger partial charge in [0.15, 0.2) is 0 Å². The second-order valence-electron chi connectivity index (χ2n) is 4.64. The van der Waals surface area contributed by atoms with E-state index in [1.54, 1.807) is 0 Å². The molecule has 7 heteroatoms. The summed E-state index contributed by atoms with van der Waals surface area (Å²) in [5.74, 6) is -0.489. The highest BCUT2D eigenvalue weighted by Gasteiger charge is 2.12. The van der Waals surface area contributed by atoms with Gasteiger partial charge in [0, 0.05) is 18.0 Å². The summed E-state index contributed by atoms with van der Waals surface area (Å²) in [5.41, 5.74) is 1.48. The summed E-state index contributed by atoms with van der Waals surface area (Å²) in [5, 5.41) is 23.9. The lowest BCUT2D eigenvalue weighted by Crippen LogP contribution is -2.26. The summed E-state index contributed by atoms with van der Waals surface area (Å²) in [6, 6.07) is 12.8. The van der Waals surface area contributed by atoms with Crippen LogP contribution >= 0.6 is 11.3 Å². The Morgan fingerprint density at radius 3 is 2.74 bits per heavy atom. The highest BCUT2D eigenvalue weighted by atomic mass is 32.1. The van der Waals surface area contributed by atoms with Gasteiger partial charge in [-0.25, -0.2) is 0 Å². The van der Waals surface area contributed by atoms with Gasteiger partial charge in [-0.3, -0.25) is 14.9 Å². The number of hydrogen-bond donors (Lipinski definition) is 1. The summed E-state index contributed by atoms with van der Waals surface area (Å²) in [7, 11) is 0. The first-order chi connectivity index (χ1) is 11.1. The normalized spacial score (nSPS) is 10.8. The molecule has 6 nitrogen and oxygen atoms in total. The van der Waals surface area contributed by atoms with E-state index in [1.807, 2.05) is 36.4 Å². The Balaban J connectivity index is 1.96. The van der Waals surface area contributed by atoms with Gasteiger partial charge in [0.05, 0.1) is 4.92 Å². The third kappa shape index (κ3) is 4.76. The summed E-state index contributed by atoms with van der Waals surface area (Å²) in [6.07, 6.45) is 2.01. The quantitative estimate of drug-likeness (QED) is 0.382. The Hall–Kier alpha value is -2.98. The molecule has 1 heterocycles. The maximum absolute atomic E-state index is 12.0. The van der Waals surface area contributed by atoms with E-state index < -0.39 is 10.8 Å². The predicted octanol–water partition coefficient (Wildman–Crippen LogP) is 2.92. The molecule has 1 aromatic heterocycles. The number of carbonyl (C=O) groups excluding carboxylic acids is 1. The Labute approximate surface area is 136 Å². The van der Waals surface area contributed by atoms with Crippen molar-refractivity contribution in [3.05, 3.63) is 68.6 Å². The fourth-order valence-electron chi connectivity index (χ4n) is 1.89. The Bertz CT molecular complexity index is 775. The third-order valence-electron chi connectivity index (χ3n) is 3.00. The molecule has 2 aromatic rings. The highest BCUT2D eigenvalue weighted by molar-refractivity contribution is 7.13. The van der Waals surface area contributed by atoms with Crippen LogP contribution in [0.3, 0.4) is 0 Å². The molecule has 0 spiro atoms. The summed E-state index contributed by atoms with van der Waals surface area (Å²) >= 11 is 0.952. The number of rotatable bonds is 6. The Morgan fingerprint density at radius 2 is 2.13 bits per heavy atom. The smallest absolute Gasteiger partial charge is 0.324 e. The largest absolute Gasteiger partial charge is 0.351 e. The van der Waals surface area contributed by atoms with Crippen LogP contribution in [0.2, 0.25) is 0 Å². The lowest BCUT2D eigenvalue weighted by atomic mass is 10.1. The molecule has 0 bridgehead atoms. The van der Waals surface area contributed by atoms with E-state index in [1.165, 1.54) is 17.5 Å². The van der Waals surface area contributed by atoms with Crippen molar-refractivity contribution in [2.45, 2.75) is 6.42 Å². The van der Waals surface area contributed by atoms with Crippen molar-refractivity contribution in [3.63, 3.8) is 0 Å². The monoisotopic (exact) mass is 327 g/mol. The molecule has 0 aliphatic heterocycles. The second kappa shape index (κ2) is 7.87. The van der Waals surface area contributed by atoms with Crippen molar-refractivity contribution >= 4 is 28.3 Å². The van der Waals surface area contributed by atoms with E-state index >= 15 is 0 Å². The highest BCUT2D eigenvalue weighted by Crippen LogP contribution is 2.24. The number of carbonyl (C=O) groups is 1. The number of hydrogen-bond acceptors (Lipinski definition) is 5. The topological polar surface area (TPSA) is 96.0 Å². The molecule has 0 aliphatic rings. The first-order valence-corrected chi connectivity index (χ1v) is 7.65. The van der Waals surface area contributed by atoms with Gasteiger partial charge >= 0.3 is 5.00 Å². The average Bonchev–Trinajstić information content (AvgIpc) is 3.02. The molecule has 1 amide bonds. The van der Waals surface area contributed by atoms with Gasteiger partial charge in [-0.15, -0.1) is 0 Å². The van der Waals surface area contributed by atoms with Crippen LogP contribution in [-0.2, 0) is 11.2 Å². The lowest BCUT2D eigenvalue weighted by molar-refractivity contribution is -0.380. The van der Waals surface area contributed by atoms with Crippen LogP contribution in [-0.4, -0.2) is 17.4 Å². The molecule has 1 N–H and O–H groups in total. The molecule has 0 aliphatic carbocycles. The number of nitrogens with one attached hydrogen (secondary N) is 1. The van der Waals surface area contributed by atoms with Crippen LogP contribution in [0.5, 0.6) is 0 Å². The minimum Gasteiger partial charge on any atom is -0.351 e. The average molecular weight is 327 g/mol. The first-order valence-electron chi connectivity index (χ1n) is 6.77. The molecule has 2 rings (SSSR count). The van der Waals surface area contributed by atoms with Gasteiger partial charge in [-0.1, -0.05) is 41.7 Å². The number of nitro groups is 1. The zero-order valence-corrected chi connectivity index (χ0v) is 12.9. The van der Waals surface area contributed by atoms with Crippen molar-refractivity contribution in [3.8, 4) is 6.07 Å². The molecule has 116 valence electrons. The molecular weight excluding hydrogens is 314 g/mol. The van der Waals surface area contributed by atoms with E-state index in [2.05, 4.69) is 5.32 Å². The zero-order valence-electron chi connectivity index (χ0n) is 12.1. The molecule has 0 saturated heterocycles. The Kier molecular flexibility index (Phi) is 5.61. The standard InChI is InChI=1S/C16H13N3O3S/c17-10-14(8-13-9-15(19(21)22)23-11-13)16(20)18-7-6-12-4-2-1-3-5-12/h1-5,8-9,11H,6-7H2,(H,18,20)/b14-8-. The predicted molar refractivity (Wildman–Crippen MR) is 87.7 cm³/mol. The molecule has 0 atom stereocenters. The fourth-order valence-corrected chi connectivity index (χ4v) is 2.57. The van der Waals surface area contributed by atoms with Crippen LogP contribution < -0.4 is 5.32 Å². The fraction of sp³-hybridized carbons (Fsp3) is 0.125. The third-order valence-corrected chi connectivity index (χ3v) is 3.90. The molecule has 0 radical (unpaired) electrons. The number of amides is 1. The summed E-state index contributed by atoms with van der Waals surface area (Å²) in [6.45, 7) is 0.408. The van der Waals surface area contributed by atoms with Gasteiger partial charge in [0.25, 0.3) is 5.91 Å². The minimum atomic E-state index is -0.506. The summed E-state index contributed by atoms with van der Waals surface area (Å²) < 4.78 is 0. The molecule has 0 unspecified atom stereocenters. The maximum atomic E-state index is 12.0. The molecule has 0 saturated carbocycles. The number of nitrogens with zero attached hydrogens (tertiary/aromatic N) is 2. The van der Waals surface area contributed by atoms with Gasteiger partial charge in [0.2, 0.25) is 0 Å². The van der Waals surface area contributed by atoms with E-state index in [9.17, 15) is 14.9 Å².